The van der Waals surface area contributed by atoms with E-state index in [1.807, 2.05) is 6.92 Å². The van der Waals surface area contributed by atoms with Crippen molar-refractivity contribution in [2.75, 3.05) is 26.4 Å². The smallest absolute Gasteiger partial charge is 0.155 e. The van der Waals surface area contributed by atoms with Crippen LogP contribution in [-0.2, 0) is 9.53 Å². The largest absolute Gasteiger partial charge is 0.389 e. The van der Waals surface area contributed by atoms with Gasteiger partial charge in [0.25, 0.3) is 0 Å². The number of hydrogen-bond acceptors (Lipinski definition) is 4. The summed E-state index contributed by atoms with van der Waals surface area (Å²) in [6.45, 7) is 5.05. The lowest BCUT2D eigenvalue weighted by atomic mass is 10.5. The summed E-state index contributed by atoms with van der Waals surface area (Å²) >= 11 is 0. The second-order valence-corrected chi connectivity index (χ2v) is 1.85. The summed E-state index contributed by atoms with van der Waals surface area (Å²) in [5.41, 5.74) is 5.09. The molecule has 0 atom stereocenters. The minimum Gasteiger partial charge on any atom is -0.389 e. The molecule has 0 aliphatic rings. The molecule has 0 amide bonds. The molecule has 0 aromatic rings. The molecule has 0 saturated carbocycles. The van der Waals surface area contributed by atoms with E-state index in [1.165, 1.54) is 6.92 Å². The van der Waals surface area contributed by atoms with Gasteiger partial charge in [0.15, 0.2) is 5.78 Å². The van der Waals surface area contributed by atoms with E-state index in [4.69, 9.17) is 15.6 Å². The zero-order valence-electron chi connectivity index (χ0n) is 7.17. The number of ether oxygens (including phenoxy) is 1. The van der Waals surface area contributed by atoms with Gasteiger partial charge in [0, 0.05) is 13.2 Å². The minimum atomic E-state index is -0.333. The molecular weight excluding hydrogens is 146 g/mol. The summed E-state index contributed by atoms with van der Waals surface area (Å²) in [5.74, 6) is -0.190. The summed E-state index contributed by atoms with van der Waals surface area (Å²) in [6.07, 6.45) is 0. The maximum absolute atomic E-state index is 9.56. The highest BCUT2D eigenvalue weighted by Gasteiger charge is 1.78. The zero-order chi connectivity index (χ0) is 9.11. The Hall–Kier alpha value is -0.450. The first-order valence-electron chi connectivity index (χ1n) is 3.57. The fourth-order valence-electron chi connectivity index (χ4n) is 0.228. The Labute approximate surface area is 67.3 Å². The van der Waals surface area contributed by atoms with Crippen LogP contribution in [0.5, 0.6) is 0 Å². The molecule has 0 heterocycles. The molecule has 68 valence electrons. The molecule has 0 aliphatic carbocycles. The van der Waals surface area contributed by atoms with Gasteiger partial charge in [0.1, 0.15) is 6.61 Å². The normalized spacial score (nSPS) is 8.36. The molecule has 0 saturated heterocycles. The Morgan fingerprint density at radius 3 is 2.18 bits per heavy atom. The average Bonchev–Trinajstić information content (AvgIpc) is 2.02. The van der Waals surface area contributed by atoms with Gasteiger partial charge in [-0.15, -0.1) is 0 Å². The lowest BCUT2D eigenvalue weighted by Gasteiger charge is -1.91. The first-order valence-corrected chi connectivity index (χ1v) is 3.57. The molecule has 0 aliphatic heterocycles. The lowest BCUT2D eigenvalue weighted by molar-refractivity contribution is -0.119. The van der Waals surface area contributed by atoms with Crippen LogP contribution in [0.3, 0.4) is 0 Å². The summed E-state index contributed by atoms with van der Waals surface area (Å²) in [4.78, 5) is 9.56. The molecule has 0 aromatic carbocycles. The first kappa shape index (κ1) is 13.2. The van der Waals surface area contributed by atoms with Gasteiger partial charge < -0.3 is 15.6 Å². The van der Waals surface area contributed by atoms with Crippen LogP contribution in [0.15, 0.2) is 0 Å². The highest BCUT2D eigenvalue weighted by atomic mass is 16.5. The van der Waals surface area contributed by atoms with E-state index in [9.17, 15) is 4.79 Å². The number of rotatable bonds is 4. The molecule has 0 fully saturated rings. The number of aliphatic hydroxyl groups excluding tert-OH is 1. The standard InChI is InChI=1S/C4H11NO.C3H6O2/c1-2-6-4-3-5;1-3(5)2-4/h2-5H2,1H3;4H,2H2,1H3. The van der Waals surface area contributed by atoms with E-state index in [0.29, 0.717) is 13.2 Å². The monoisotopic (exact) mass is 163 g/mol. The number of ketones is 1. The van der Waals surface area contributed by atoms with Crippen LogP contribution in [0.1, 0.15) is 13.8 Å². The van der Waals surface area contributed by atoms with Crippen molar-refractivity contribution >= 4 is 5.78 Å². The molecule has 11 heavy (non-hydrogen) atoms. The van der Waals surface area contributed by atoms with Crippen molar-refractivity contribution in [1.29, 1.82) is 0 Å². The second-order valence-electron chi connectivity index (χ2n) is 1.85. The third kappa shape index (κ3) is 26.3. The van der Waals surface area contributed by atoms with E-state index >= 15 is 0 Å². The first-order chi connectivity index (χ1) is 5.18. The van der Waals surface area contributed by atoms with Gasteiger partial charge in [-0.2, -0.15) is 0 Å². The van der Waals surface area contributed by atoms with Crippen molar-refractivity contribution in [1.82, 2.24) is 0 Å². The van der Waals surface area contributed by atoms with E-state index < -0.39 is 0 Å². The Morgan fingerprint density at radius 1 is 1.64 bits per heavy atom. The van der Waals surface area contributed by atoms with Crippen molar-refractivity contribution < 1.29 is 14.6 Å². The molecule has 4 heteroatoms. The van der Waals surface area contributed by atoms with Crippen LogP contribution in [0, 0.1) is 0 Å². The highest BCUT2D eigenvalue weighted by molar-refractivity contribution is 5.76. The molecule has 0 rings (SSSR count). The zero-order valence-corrected chi connectivity index (χ0v) is 7.17. The fourth-order valence-corrected chi connectivity index (χ4v) is 0.228. The van der Waals surface area contributed by atoms with Gasteiger partial charge in [-0.1, -0.05) is 0 Å². The summed E-state index contributed by atoms with van der Waals surface area (Å²) in [6, 6.07) is 0. The van der Waals surface area contributed by atoms with Gasteiger partial charge in [0.05, 0.1) is 6.61 Å². The second kappa shape index (κ2) is 12.2. The Bertz CT molecular complexity index is 81.8. The van der Waals surface area contributed by atoms with E-state index in [2.05, 4.69) is 0 Å². The molecule has 0 radical (unpaired) electrons. The maximum atomic E-state index is 9.56. The fraction of sp³-hybridized carbons (Fsp3) is 0.857. The van der Waals surface area contributed by atoms with Crippen LogP contribution in [-0.4, -0.2) is 37.3 Å². The third-order valence-electron chi connectivity index (χ3n) is 0.689. The molecule has 0 spiro atoms. The van der Waals surface area contributed by atoms with Crippen LogP contribution >= 0.6 is 0 Å². The van der Waals surface area contributed by atoms with Crippen LogP contribution in [0.25, 0.3) is 0 Å². The van der Waals surface area contributed by atoms with E-state index in [1.54, 1.807) is 0 Å². The average molecular weight is 163 g/mol. The van der Waals surface area contributed by atoms with Gasteiger partial charge in [0.2, 0.25) is 0 Å². The van der Waals surface area contributed by atoms with Gasteiger partial charge >= 0.3 is 0 Å². The quantitative estimate of drug-likeness (QED) is 0.550. The Kier molecular flexibility index (Phi) is 14.7. The number of hydrogen-bond donors (Lipinski definition) is 2. The van der Waals surface area contributed by atoms with Gasteiger partial charge in [-0.25, -0.2) is 0 Å². The van der Waals surface area contributed by atoms with Crippen molar-refractivity contribution in [2.45, 2.75) is 13.8 Å². The molecular formula is C7H17NO3. The highest BCUT2D eigenvalue weighted by Crippen LogP contribution is 1.64. The number of aliphatic hydroxyl groups is 1. The Morgan fingerprint density at radius 2 is 2.09 bits per heavy atom. The predicted octanol–water partition coefficient (Wildman–Crippen LogP) is -0.451. The number of carbonyl (C=O) groups is 1. The van der Waals surface area contributed by atoms with Crippen molar-refractivity contribution in [3.8, 4) is 0 Å². The Balaban J connectivity index is 0. The molecule has 0 unspecified atom stereocenters. The van der Waals surface area contributed by atoms with E-state index in [-0.39, 0.29) is 12.4 Å². The lowest BCUT2D eigenvalue weighted by Crippen LogP contribution is -2.07. The van der Waals surface area contributed by atoms with E-state index in [0.717, 1.165) is 6.61 Å². The van der Waals surface area contributed by atoms with Crippen molar-refractivity contribution in [3.63, 3.8) is 0 Å². The van der Waals surface area contributed by atoms with Crippen molar-refractivity contribution in [3.05, 3.63) is 0 Å². The van der Waals surface area contributed by atoms with Crippen molar-refractivity contribution in [2.24, 2.45) is 5.73 Å². The SMILES string of the molecule is CC(=O)CO.CCOCCN. The number of carbonyl (C=O) groups excluding carboxylic acids is 1. The van der Waals surface area contributed by atoms with Crippen LogP contribution < -0.4 is 5.73 Å². The topological polar surface area (TPSA) is 72.5 Å². The molecule has 3 N–H and O–H groups in total. The van der Waals surface area contributed by atoms with Crippen LogP contribution in [0.2, 0.25) is 0 Å². The maximum Gasteiger partial charge on any atom is 0.155 e. The minimum absolute atomic E-state index is 0.190. The summed E-state index contributed by atoms with van der Waals surface area (Å²) in [7, 11) is 0. The third-order valence-corrected chi connectivity index (χ3v) is 0.689. The number of Topliss-reactive ketones (excluding diaryl/α,β-unsaturated/α-hetero) is 1. The summed E-state index contributed by atoms with van der Waals surface area (Å²) < 4.78 is 4.86. The number of nitrogens with two attached hydrogens (primary N) is 1. The molecule has 4 nitrogen and oxygen atoms in total. The van der Waals surface area contributed by atoms with Gasteiger partial charge in [-0.05, 0) is 13.8 Å². The van der Waals surface area contributed by atoms with Crippen LogP contribution in [0.4, 0.5) is 0 Å². The van der Waals surface area contributed by atoms with Gasteiger partial charge in [-0.3, -0.25) is 4.79 Å². The summed E-state index contributed by atoms with van der Waals surface area (Å²) in [5, 5.41) is 7.79. The molecule has 0 aromatic heterocycles. The predicted molar refractivity (Wildman–Crippen MR) is 43.3 cm³/mol. The molecule has 0 bridgehead atoms.